The summed E-state index contributed by atoms with van der Waals surface area (Å²) in [6.07, 6.45) is 3.86. The molecule has 156 valence electrons. The van der Waals surface area contributed by atoms with E-state index in [0.717, 1.165) is 30.9 Å². The van der Waals surface area contributed by atoms with Crippen molar-refractivity contribution in [2.24, 2.45) is 0 Å². The summed E-state index contributed by atoms with van der Waals surface area (Å²) in [5, 5.41) is 7.84. The molecule has 1 aliphatic heterocycles. The molecule has 30 heavy (non-hydrogen) atoms. The predicted molar refractivity (Wildman–Crippen MR) is 120 cm³/mol. The maximum atomic E-state index is 12.9. The van der Waals surface area contributed by atoms with Gasteiger partial charge in [-0.25, -0.2) is 4.68 Å². The van der Waals surface area contributed by atoms with Crippen molar-refractivity contribution in [3.8, 4) is 5.69 Å². The molecule has 0 radical (unpaired) electrons. The van der Waals surface area contributed by atoms with Crippen molar-refractivity contribution in [2.75, 3.05) is 13.1 Å². The van der Waals surface area contributed by atoms with E-state index in [1.54, 1.807) is 4.68 Å². The van der Waals surface area contributed by atoms with Crippen LogP contribution in [0.3, 0.4) is 0 Å². The number of para-hydroxylation sites is 1. The molecule has 1 fully saturated rings. The average molecular weight is 423 g/mol. The molecule has 0 atom stereocenters. The second kappa shape index (κ2) is 9.45. The second-order valence-corrected chi connectivity index (χ2v) is 8.14. The summed E-state index contributed by atoms with van der Waals surface area (Å²) in [7, 11) is 0. The maximum Gasteiger partial charge on any atom is 0.256 e. The zero-order chi connectivity index (χ0) is 20.9. The van der Waals surface area contributed by atoms with Crippen molar-refractivity contribution in [2.45, 2.75) is 39.3 Å². The van der Waals surface area contributed by atoms with Gasteiger partial charge in [-0.15, -0.1) is 0 Å². The second-order valence-electron chi connectivity index (χ2n) is 7.79. The molecule has 2 heterocycles. The van der Waals surface area contributed by atoms with Crippen molar-refractivity contribution < 1.29 is 4.79 Å². The fraction of sp³-hybridized carbons (Fsp3) is 0.333. The summed E-state index contributed by atoms with van der Waals surface area (Å²) < 4.78 is 1.61. The van der Waals surface area contributed by atoms with Gasteiger partial charge in [0.05, 0.1) is 16.9 Å². The summed E-state index contributed by atoms with van der Waals surface area (Å²) in [6, 6.07) is 17.9. The molecule has 3 aromatic rings. The monoisotopic (exact) mass is 422 g/mol. The van der Waals surface area contributed by atoms with Crippen LogP contribution in [-0.2, 0) is 13.1 Å². The molecule has 2 aromatic carbocycles. The van der Waals surface area contributed by atoms with Crippen LogP contribution in [0.5, 0.6) is 0 Å². The standard InChI is InChI=1S/C24H27ClN4O/c1-18-22(23(25)29(27-18)21-12-4-2-5-13-21)24(30)26-16-19-10-6-7-11-20(19)17-28-14-8-3-9-15-28/h2,4-7,10-13H,3,8-9,14-17H2,1H3,(H,26,30). The Bertz CT molecular complexity index is 1010. The van der Waals surface area contributed by atoms with Gasteiger partial charge in [-0.05, 0) is 56.1 Å². The highest BCUT2D eigenvalue weighted by atomic mass is 35.5. The van der Waals surface area contributed by atoms with E-state index >= 15 is 0 Å². The first kappa shape index (κ1) is 20.6. The molecule has 1 aliphatic rings. The molecule has 1 aromatic heterocycles. The molecule has 0 aliphatic carbocycles. The lowest BCUT2D eigenvalue weighted by Crippen LogP contribution is -2.30. The van der Waals surface area contributed by atoms with E-state index in [-0.39, 0.29) is 5.91 Å². The van der Waals surface area contributed by atoms with Gasteiger partial charge in [0.2, 0.25) is 0 Å². The quantitative estimate of drug-likeness (QED) is 0.623. The van der Waals surface area contributed by atoms with Crippen molar-refractivity contribution >= 4 is 17.5 Å². The first-order valence-corrected chi connectivity index (χ1v) is 10.9. The lowest BCUT2D eigenvalue weighted by molar-refractivity contribution is 0.0950. The zero-order valence-corrected chi connectivity index (χ0v) is 18.0. The third kappa shape index (κ3) is 4.58. The summed E-state index contributed by atoms with van der Waals surface area (Å²) >= 11 is 6.53. The van der Waals surface area contributed by atoms with E-state index in [4.69, 9.17) is 11.6 Å². The van der Waals surface area contributed by atoms with Crippen LogP contribution in [0.4, 0.5) is 0 Å². The van der Waals surface area contributed by atoms with Crippen molar-refractivity contribution in [3.05, 3.63) is 82.1 Å². The van der Waals surface area contributed by atoms with Gasteiger partial charge < -0.3 is 5.32 Å². The van der Waals surface area contributed by atoms with Crippen LogP contribution in [0, 0.1) is 6.92 Å². The highest BCUT2D eigenvalue weighted by molar-refractivity contribution is 6.33. The third-order valence-corrected chi connectivity index (χ3v) is 5.98. The minimum absolute atomic E-state index is 0.201. The largest absolute Gasteiger partial charge is 0.348 e. The van der Waals surface area contributed by atoms with Gasteiger partial charge in [0.1, 0.15) is 5.15 Å². The SMILES string of the molecule is Cc1nn(-c2ccccc2)c(Cl)c1C(=O)NCc1ccccc1CN1CCCCC1. The van der Waals surface area contributed by atoms with Crippen molar-refractivity contribution in [1.82, 2.24) is 20.0 Å². The molecule has 1 amide bonds. The molecule has 5 nitrogen and oxygen atoms in total. The molecule has 4 rings (SSSR count). The summed E-state index contributed by atoms with van der Waals surface area (Å²) in [5.74, 6) is -0.201. The van der Waals surface area contributed by atoms with Gasteiger partial charge in [-0.2, -0.15) is 5.10 Å². The Morgan fingerprint density at radius 1 is 1.00 bits per heavy atom. The maximum absolute atomic E-state index is 12.9. The van der Waals surface area contributed by atoms with E-state index in [1.807, 2.05) is 43.3 Å². The number of nitrogens with one attached hydrogen (secondary N) is 1. The van der Waals surface area contributed by atoms with E-state index in [2.05, 4.69) is 33.5 Å². The minimum Gasteiger partial charge on any atom is -0.348 e. The molecule has 6 heteroatoms. The van der Waals surface area contributed by atoms with E-state index in [9.17, 15) is 4.79 Å². The van der Waals surface area contributed by atoms with Crippen LogP contribution in [0.15, 0.2) is 54.6 Å². The Kier molecular flexibility index (Phi) is 6.50. The molecule has 1 saturated heterocycles. The molecular weight excluding hydrogens is 396 g/mol. The number of carbonyl (C=O) groups is 1. The topological polar surface area (TPSA) is 50.2 Å². The van der Waals surface area contributed by atoms with Crippen LogP contribution in [-0.4, -0.2) is 33.7 Å². The Hall–Kier alpha value is -2.63. The normalized spacial score (nSPS) is 14.6. The smallest absolute Gasteiger partial charge is 0.256 e. The number of hydrogen-bond donors (Lipinski definition) is 1. The molecule has 0 spiro atoms. The lowest BCUT2D eigenvalue weighted by Gasteiger charge is -2.27. The molecule has 0 unspecified atom stereocenters. The number of halogens is 1. The van der Waals surface area contributed by atoms with Gasteiger partial charge in [0, 0.05) is 13.1 Å². The van der Waals surface area contributed by atoms with Gasteiger partial charge in [-0.1, -0.05) is 60.5 Å². The zero-order valence-electron chi connectivity index (χ0n) is 17.3. The number of piperidine rings is 1. The Balaban J connectivity index is 1.47. The van der Waals surface area contributed by atoms with Crippen LogP contribution in [0.1, 0.15) is 46.4 Å². The number of aromatic nitrogens is 2. The number of nitrogens with zero attached hydrogens (tertiary/aromatic N) is 3. The highest BCUT2D eigenvalue weighted by Crippen LogP contribution is 2.24. The third-order valence-electron chi connectivity index (χ3n) is 5.63. The van der Waals surface area contributed by atoms with E-state index in [0.29, 0.717) is 23.0 Å². The van der Waals surface area contributed by atoms with Crippen LogP contribution in [0.25, 0.3) is 5.69 Å². The summed E-state index contributed by atoms with van der Waals surface area (Å²) in [6.45, 7) is 5.50. The number of rotatable bonds is 6. The first-order chi connectivity index (χ1) is 14.6. The van der Waals surface area contributed by atoms with Gasteiger partial charge >= 0.3 is 0 Å². The molecule has 0 saturated carbocycles. The Morgan fingerprint density at radius 2 is 1.67 bits per heavy atom. The average Bonchev–Trinajstić information content (AvgIpc) is 3.08. The minimum atomic E-state index is -0.201. The number of aryl methyl sites for hydroxylation is 1. The number of benzene rings is 2. The van der Waals surface area contributed by atoms with E-state index in [1.165, 1.54) is 24.8 Å². The molecule has 0 bridgehead atoms. The van der Waals surface area contributed by atoms with Crippen LogP contribution in [0.2, 0.25) is 5.15 Å². The predicted octanol–water partition coefficient (Wildman–Crippen LogP) is 4.75. The first-order valence-electron chi connectivity index (χ1n) is 10.5. The number of amides is 1. The molecule has 1 N–H and O–H groups in total. The van der Waals surface area contributed by atoms with Gasteiger partial charge in [0.25, 0.3) is 5.91 Å². The fourth-order valence-electron chi connectivity index (χ4n) is 4.00. The number of hydrogen-bond acceptors (Lipinski definition) is 3. The Morgan fingerprint density at radius 3 is 2.40 bits per heavy atom. The van der Waals surface area contributed by atoms with Crippen molar-refractivity contribution in [3.63, 3.8) is 0 Å². The summed E-state index contributed by atoms with van der Waals surface area (Å²) in [4.78, 5) is 15.4. The number of likely N-dealkylation sites (tertiary alicyclic amines) is 1. The highest BCUT2D eigenvalue weighted by Gasteiger charge is 2.21. The fourth-order valence-corrected chi connectivity index (χ4v) is 4.36. The number of carbonyl (C=O) groups excluding carboxylic acids is 1. The Labute approximate surface area is 182 Å². The van der Waals surface area contributed by atoms with Crippen LogP contribution >= 0.6 is 11.6 Å². The molecular formula is C24H27ClN4O. The van der Waals surface area contributed by atoms with Crippen molar-refractivity contribution in [1.29, 1.82) is 0 Å². The van der Waals surface area contributed by atoms with Gasteiger partial charge in [-0.3, -0.25) is 9.69 Å². The van der Waals surface area contributed by atoms with Crippen LogP contribution < -0.4 is 5.32 Å². The van der Waals surface area contributed by atoms with Gasteiger partial charge in [0.15, 0.2) is 0 Å². The van der Waals surface area contributed by atoms with E-state index < -0.39 is 0 Å². The summed E-state index contributed by atoms with van der Waals surface area (Å²) in [5.41, 5.74) is 4.27. The lowest BCUT2D eigenvalue weighted by atomic mass is 10.0.